The first-order valence-electron chi connectivity index (χ1n) is 20.2. The van der Waals surface area contributed by atoms with Gasteiger partial charge in [0.1, 0.15) is 0 Å². The number of hydrogen-bond donors (Lipinski definition) is 5. The van der Waals surface area contributed by atoms with Crippen LogP contribution in [0.1, 0.15) is 107 Å². The molecule has 1 aliphatic heterocycles. The molecule has 55 heavy (non-hydrogen) atoms. The van der Waals surface area contributed by atoms with Crippen molar-refractivity contribution in [3.05, 3.63) is 111 Å². The van der Waals surface area contributed by atoms with Crippen molar-refractivity contribution in [2.24, 2.45) is 10.9 Å². The molecule has 8 heteroatoms. The van der Waals surface area contributed by atoms with Crippen LogP contribution in [0.15, 0.2) is 76.5 Å². The van der Waals surface area contributed by atoms with E-state index < -0.39 is 0 Å². The normalized spacial score (nSPS) is 14.0. The van der Waals surface area contributed by atoms with E-state index >= 15 is 0 Å². The molecule has 5 N–H and O–H groups in total. The molecule has 292 valence electrons. The molecule has 0 saturated heterocycles. The minimum absolute atomic E-state index is 0.0149. The second-order valence-corrected chi connectivity index (χ2v) is 15.3. The molecular weight excluding hydrogens is 681 g/mol. The fraction of sp³-hybridized carbons (Fsp3) is 0.426. The Balaban J connectivity index is 1.62. The third-order valence-corrected chi connectivity index (χ3v) is 11.0. The van der Waals surface area contributed by atoms with Gasteiger partial charge in [-0.25, -0.2) is 0 Å². The highest BCUT2D eigenvalue weighted by atomic mass is 16.2. The average Bonchev–Trinajstić information content (AvgIpc) is 3.61. The maximum atomic E-state index is 12.1. The van der Waals surface area contributed by atoms with E-state index in [1.54, 1.807) is 6.92 Å². The monoisotopic (exact) mass is 742 g/mol. The van der Waals surface area contributed by atoms with Crippen LogP contribution in [0.2, 0.25) is 0 Å². The average molecular weight is 743 g/mol. The molecule has 0 spiro atoms. The molecule has 0 fully saturated rings. The number of nitrogens with one attached hydrogen (secondary N) is 5. The standard InChI is InChI=1S/C47H62N6O2/c1-11-35-30(7)44(52-32(35)9)43(45-31(8)36(12-2)33(10)53-45)34-19-20-39-40(25-34)42(27-49-22-16-24-51-47(55)29(5)6)38-18-14-13-17-37(38)41(39)26-48-21-15-23-50-46(54)28(3)4/h13-14,17-20,25,28,48-49,52H,5,11-12,15-16,21-24,26-27H2,1-4,6-10H3,(H,50,54)(H,51,55)/b45-43-. The zero-order valence-corrected chi connectivity index (χ0v) is 34.7. The summed E-state index contributed by atoms with van der Waals surface area (Å²) in [4.78, 5) is 33.2. The molecule has 2 heterocycles. The lowest BCUT2D eigenvalue weighted by atomic mass is 9.87. The van der Waals surface area contributed by atoms with Gasteiger partial charge in [0.2, 0.25) is 11.8 Å². The van der Waals surface area contributed by atoms with Crippen LogP contribution in [-0.2, 0) is 29.1 Å². The van der Waals surface area contributed by atoms with E-state index in [0.29, 0.717) is 31.8 Å². The number of hydrogen-bond acceptors (Lipinski definition) is 5. The summed E-state index contributed by atoms with van der Waals surface area (Å²) in [5, 5.41) is 18.3. The zero-order chi connectivity index (χ0) is 39.8. The van der Waals surface area contributed by atoms with Crippen molar-refractivity contribution in [1.82, 2.24) is 26.3 Å². The Labute approximate surface area is 328 Å². The van der Waals surface area contributed by atoms with Gasteiger partial charge in [-0.2, -0.15) is 0 Å². The number of aryl methyl sites for hydroxylation is 1. The summed E-state index contributed by atoms with van der Waals surface area (Å²) in [7, 11) is 0. The molecule has 1 aliphatic rings. The second-order valence-electron chi connectivity index (χ2n) is 15.3. The van der Waals surface area contributed by atoms with Gasteiger partial charge in [0, 0.05) is 54.6 Å². The van der Waals surface area contributed by atoms with Crippen molar-refractivity contribution in [3.8, 4) is 0 Å². The first-order chi connectivity index (χ1) is 26.4. The summed E-state index contributed by atoms with van der Waals surface area (Å²) < 4.78 is 0. The van der Waals surface area contributed by atoms with Crippen LogP contribution < -0.4 is 21.3 Å². The first-order valence-corrected chi connectivity index (χ1v) is 20.2. The van der Waals surface area contributed by atoms with Crippen molar-refractivity contribution in [2.75, 3.05) is 26.2 Å². The van der Waals surface area contributed by atoms with Crippen molar-refractivity contribution < 1.29 is 9.59 Å². The predicted octanol–water partition coefficient (Wildman–Crippen LogP) is 8.88. The summed E-state index contributed by atoms with van der Waals surface area (Å²) in [5.74, 6) is -0.0250. The quantitative estimate of drug-likeness (QED) is 0.0399. The number of allylic oxidation sites excluding steroid dienone is 2. The van der Waals surface area contributed by atoms with Gasteiger partial charge in [-0.15, -0.1) is 0 Å². The number of aromatic amines is 1. The topological polar surface area (TPSA) is 110 Å². The van der Waals surface area contributed by atoms with E-state index in [0.717, 1.165) is 67.0 Å². The van der Waals surface area contributed by atoms with Crippen LogP contribution in [-0.4, -0.2) is 48.7 Å². The van der Waals surface area contributed by atoms with E-state index in [1.807, 2.05) is 13.8 Å². The Bertz CT molecular complexity index is 2180. The second kappa shape index (κ2) is 18.7. The van der Waals surface area contributed by atoms with Gasteiger partial charge in [0.05, 0.1) is 11.4 Å². The van der Waals surface area contributed by atoms with Crippen LogP contribution in [0.4, 0.5) is 0 Å². The van der Waals surface area contributed by atoms with Crippen molar-refractivity contribution >= 4 is 44.6 Å². The fourth-order valence-corrected chi connectivity index (χ4v) is 7.98. The van der Waals surface area contributed by atoms with Gasteiger partial charge in [-0.05, 0) is 140 Å². The summed E-state index contributed by atoms with van der Waals surface area (Å²) in [5.41, 5.74) is 15.0. The molecule has 0 atom stereocenters. The van der Waals surface area contributed by atoms with Crippen LogP contribution in [0.25, 0.3) is 27.1 Å². The molecule has 0 bridgehead atoms. The van der Waals surface area contributed by atoms with Gasteiger partial charge in [0.15, 0.2) is 0 Å². The number of benzene rings is 3. The number of fused-ring (bicyclic) bond motifs is 2. The molecule has 5 rings (SSSR count). The van der Waals surface area contributed by atoms with Crippen molar-refractivity contribution in [2.45, 2.75) is 101 Å². The predicted molar refractivity (Wildman–Crippen MR) is 232 cm³/mol. The van der Waals surface area contributed by atoms with Crippen LogP contribution in [0.5, 0.6) is 0 Å². The van der Waals surface area contributed by atoms with E-state index in [1.165, 1.54) is 60.6 Å². The molecule has 0 radical (unpaired) electrons. The maximum absolute atomic E-state index is 12.1. The largest absolute Gasteiger partial charge is 0.358 e. The Morgan fingerprint density at radius 2 is 1.38 bits per heavy atom. The van der Waals surface area contributed by atoms with Crippen LogP contribution in [0, 0.1) is 19.8 Å². The molecule has 3 aromatic carbocycles. The number of carbonyl (C=O) groups excluding carboxylic acids is 2. The summed E-state index contributed by atoms with van der Waals surface area (Å²) in [6.07, 6.45) is 3.57. The highest BCUT2D eigenvalue weighted by Crippen LogP contribution is 2.41. The molecule has 0 saturated carbocycles. The van der Waals surface area contributed by atoms with Gasteiger partial charge in [-0.1, -0.05) is 70.7 Å². The van der Waals surface area contributed by atoms with Gasteiger partial charge in [-0.3, -0.25) is 14.6 Å². The van der Waals surface area contributed by atoms with Gasteiger partial charge >= 0.3 is 0 Å². The highest BCUT2D eigenvalue weighted by molar-refractivity contribution is 6.08. The number of amides is 2. The minimum Gasteiger partial charge on any atom is -0.358 e. The molecule has 2 amide bonds. The smallest absolute Gasteiger partial charge is 0.246 e. The lowest BCUT2D eigenvalue weighted by molar-refractivity contribution is -0.124. The third kappa shape index (κ3) is 9.20. The summed E-state index contributed by atoms with van der Waals surface area (Å²) >= 11 is 0. The molecule has 1 aromatic heterocycles. The number of aromatic nitrogens is 1. The molecular formula is C47H62N6O2. The lowest BCUT2D eigenvalue weighted by Crippen LogP contribution is -2.30. The van der Waals surface area contributed by atoms with Crippen molar-refractivity contribution in [1.29, 1.82) is 0 Å². The van der Waals surface area contributed by atoms with Crippen LogP contribution in [0.3, 0.4) is 0 Å². The molecule has 0 unspecified atom stereocenters. The number of rotatable bonds is 18. The first kappa shape index (κ1) is 41.4. The highest BCUT2D eigenvalue weighted by Gasteiger charge is 2.26. The summed E-state index contributed by atoms with van der Waals surface area (Å²) in [6.45, 7) is 26.7. The summed E-state index contributed by atoms with van der Waals surface area (Å²) in [6, 6.07) is 15.7. The zero-order valence-electron chi connectivity index (χ0n) is 34.7. The van der Waals surface area contributed by atoms with Crippen LogP contribution >= 0.6 is 0 Å². The van der Waals surface area contributed by atoms with E-state index in [-0.39, 0.29) is 17.7 Å². The number of aliphatic imine (C=N–C) groups is 1. The van der Waals surface area contributed by atoms with Gasteiger partial charge in [0.25, 0.3) is 0 Å². The Morgan fingerprint density at radius 1 is 0.782 bits per heavy atom. The Hall–Kier alpha value is -4.79. The van der Waals surface area contributed by atoms with E-state index in [2.05, 4.69) is 117 Å². The number of carbonyl (C=O) groups is 2. The fourth-order valence-electron chi connectivity index (χ4n) is 7.98. The Morgan fingerprint density at radius 3 is 1.93 bits per heavy atom. The SMILES string of the molecule is C=C(C)C(=O)NCCCNCc1c2ccccc2c(CNCCCNC(=O)C(C)C)c2ccc(/C(=C3/N=C(C)C(CC)=C3C)c3[nH]c(C)c(CC)c3C)cc12. The lowest BCUT2D eigenvalue weighted by Gasteiger charge is -2.20. The third-order valence-electron chi connectivity index (χ3n) is 11.0. The molecule has 4 aromatic rings. The van der Waals surface area contributed by atoms with Crippen molar-refractivity contribution in [3.63, 3.8) is 0 Å². The molecule has 8 nitrogen and oxygen atoms in total. The van der Waals surface area contributed by atoms with Gasteiger partial charge < -0.3 is 26.3 Å². The number of nitrogens with zero attached hydrogens (tertiary/aromatic N) is 1. The van der Waals surface area contributed by atoms with E-state index in [4.69, 9.17) is 4.99 Å². The van der Waals surface area contributed by atoms with E-state index in [9.17, 15) is 9.59 Å². The number of H-pyrrole nitrogens is 1. The Kier molecular flexibility index (Phi) is 14.1. The molecule has 0 aliphatic carbocycles. The minimum atomic E-state index is -0.101. The maximum Gasteiger partial charge on any atom is 0.246 e.